The monoisotopic (exact) mass is 329 g/mol. The van der Waals surface area contributed by atoms with E-state index in [0.29, 0.717) is 11.4 Å². The van der Waals surface area contributed by atoms with Crippen molar-refractivity contribution in [2.45, 2.75) is 0 Å². The molecule has 2 aromatic heterocycles. The molecule has 1 amide bonds. The zero-order valence-electron chi connectivity index (χ0n) is 13.2. The van der Waals surface area contributed by atoms with Gasteiger partial charge >= 0.3 is 0 Å². The number of aromatic nitrogens is 3. The van der Waals surface area contributed by atoms with Gasteiger partial charge < -0.3 is 4.98 Å². The Balaban J connectivity index is 1.47. The van der Waals surface area contributed by atoms with Crippen LogP contribution in [0.2, 0.25) is 0 Å². The van der Waals surface area contributed by atoms with E-state index in [1.54, 1.807) is 12.3 Å². The third-order valence-electron chi connectivity index (χ3n) is 3.88. The molecule has 2 heterocycles. The van der Waals surface area contributed by atoms with Gasteiger partial charge in [-0.15, -0.1) is 0 Å². The fourth-order valence-corrected chi connectivity index (χ4v) is 2.62. The lowest BCUT2D eigenvalue weighted by Gasteiger charge is -1.95. The molecule has 4 rings (SSSR count). The summed E-state index contributed by atoms with van der Waals surface area (Å²) in [7, 11) is 0. The van der Waals surface area contributed by atoms with Gasteiger partial charge in [0.2, 0.25) is 0 Å². The second-order valence-electron chi connectivity index (χ2n) is 5.52. The molecule has 122 valence electrons. The average molecular weight is 329 g/mol. The highest BCUT2D eigenvalue weighted by Crippen LogP contribution is 2.17. The lowest BCUT2D eigenvalue weighted by Crippen LogP contribution is -2.17. The number of benzene rings is 2. The Morgan fingerprint density at radius 3 is 2.76 bits per heavy atom. The van der Waals surface area contributed by atoms with Crippen molar-refractivity contribution in [3.63, 3.8) is 0 Å². The third-order valence-corrected chi connectivity index (χ3v) is 3.88. The first kappa shape index (κ1) is 14.9. The first-order chi connectivity index (χ1) is 12.3. The number of amides is 1. The van der Waals surface area contributed by atoms with Gasteiger partial charge in [0, 0.05) is 28.2 Å². The summed E-state index contributed by atoms with van der Waals surface area (Å²) < 4.78 is 0. The first-order valence-electron chi connectivity index (χ1n) is 7.81. The van der Waals surface area contributed by atoms with Gasteiger partial charge in [0.1, 0.15) is 5.69 Å². The molecular weight excluding hydrogens is 314 g/mol. The standard InChI is InChI=1S/C19H15N5O/c25-19(18-10-17(22-23-18)13-6-2-1-3-7-13)24-21-12-14-11-20-16-9-5-4-8-15(14)16/h1-12,20H,(H,22,23)(H,24,25)/b21-12+. The van der Waals surface area contributed by atoms with E-state index in [-0.39, 0.29) is 5.91 Å². The van der Waals surface area contributed by atoms with Crippen LogP contribution in [0.25, 0.3) is 22.2 Å². The largest absolute Gasteiger partial charge is 0.361 e. The van der Waals surface area contributed by atoms with Gasteiger partial charge in [0.15, 0.2) is 0 Å². The Morgan fingerprint density at radius 1 is 1.08 bits per heavy atom. The van der Waals surface area contributed by atoms with Gasteiger partial charge in [0.25, 0.3) is 5.91 Å². The number of carbonyl (C=O) groups is 1. The molecule has 0 aliphatic heterocycles. The highest BCUT2D eigenvalue weighted by Gasteiger charge is 2.10. The van der Waals surface area contributed by atoms with Gasteiger partial charge in [-0.2, -0.15) is 10.2 Å². The second kappa shape index (κ2) is 6.45. The Kier molecular flexibility index (Phi) is 3.84. The van der Waals surface area contributed by atoms with E-state index in [0.717, 1.165) is 22.0 Å². The number of fused-ring (bicyclic) bond motifs is 1. The molecule has 0 saturated carbocycles. The molecule has 0 aliphatic carbocycles. The van der Waals surface area contributed by atoms with Gasteiger partial charge in [-0.3, -0.25) is 9.89 Å². The summed E-state index contributed by atoms with van der Waals surface area (Å²) in [6, 6.07) is 19.3. The van der Waals surface area contributed by atoms with E-state index in [1.165, 1.54) is 0 Å². The summed E-state index contributed by atoms with van der Waals surface area (Å²) in [6.07, 6.45) is 3.47. The number of para-hydroxylation sites is 1. The minimum absolute atomic E-state index is 0.342. The molecule has 6 heteroatoms. The third kappa shape index (κ3) is 3.05. The van der Waals surface area contributed by atoms with Crippen LogP contribution in [0, 0.1) is 0 Å². The predicted molar refractivity (Wildman–Crippen MR) is 97.4 cm³/mol. The molecule has 0 bridgehead atoms. The summed E-state index contributed by atoms with van der Waals surface area (Å²) in [5.74, 6) is -0.342. The van der Waals surface area contributed by atoms with Gasteiger partial charge in [-0.25, -0.2) is 5.43 Å². The molecule has 4 aromatic rings. The smallest absolute Gasteiger partial charge is 0.289 e. The minimum atomic E-state index is -0.342. The van der Waals surface area contributed by atoms with Crippen molar-refractivity contribution in [3.8, 4) is 11.3 Å². The summed E-state index contributed by atoms with van der Waals surface area (Å²) in [6.45, 7) is 0. The topological polar surface area (TPSA) is 85.9 Å². The number of rotatable bonds is 4. The highest BCUT2D eigenvalue weighted by molar-refractivity contribution is 6.00. The molecule has 0 aliphatic rings. The number of hydrazone groups is 1. The summed E-state index contributed by atoms with van der Waals surface area (Å²) in [4.78, 5) is 15.3. The SMILES string of the molecule is O=C(N/N=C/c1c[nH]c2ccccc12)c1cc(-c2ccccc2)n[nH]1. The fraction of sp³-hybridized carbons (Fsp3) is 0. The lowest BCUT2D eigenvalue weighted by molar-refractivity contribution is 0.0950. The molecule has 2 aromatic carbocycles. The Hall–Kier alpha value is -3.67. The normalized spacial score (nSPS) is 11.2. The molecule has 0 unspecified atom stereocenters. The van der Waals surface area contributed by atoms with Crippen molar-refractivity contribution in [2.75, 3.05) is 0 Å². The number of nitrogens with zero attached hydrogens (tertiary/aromatic N) is 2. The molecule has 0 spiro atoms. The highest BCUT2D eigenvalue weighted by atomic mass is 16.2. The van der Waals surface area contributed by atoms with Crippen molar-refractivity contribution in [1.29, 1.82) is 0 Å². The molecule has 0 atom stereocenters. The maximum Gasteiger partial charge on any atom is 0.289 e. The second-order valence-corrected chi connectivity index (χ2v) is 5.52. The first-order valence-corrected chi connectivity index (χ1v) is 7.81. The van der Waals surface area contributed by atoms with Crippen LogP contribution in [-0.4, -0.2) is 27.3 Å². The average Bonchev–Trinajstić information content (AvgIpc) is 3.30. The minimum Gasteiger partial charge on any atom is -0.361 e. The number of hydrogen-bond acceptors (Lipinski definition) is 3. The van der Waals surface area contributed by atoms with Crippen molar-refractivity contribution in [2.24, 2.45) is 5.10 Å². The molecule has 0 fully saturated rings. The summed E-state index contributed by atoms with van der Waals surface area (Å²) in [5, 5.41) is 12.0. The van der Waals surface area contributed by atoms with E-state index in [4.69, 9.17) is 0 Å². The van der Waals surface area contributed by atoms with Crippen molar-refractivity contribution < 1.29 is 4.79 Å². The van der Waals surface area contributed by atoms with Crippen molar-refractivity contribution in [1.82, 2.24) is 20.6 Å². The Morgan fingerprint density at radius 2 is 1.88 bits per heavy atom. The molecule has 3 N–H and O–H groups in total. The van der Waals surface area contributed by atoms with Gasteiger partial charge in [-0.1, -0.05) is 48.5 Å². The van der Waals surface area contributed by atoms with Crippen molar-refractivity contribution >= 4 is 23.0 Å². The maximum atomic E-state index is 12.2. The predicted octanol–water partition coefficient (Wildman–Crippen LogP) is 3.32. The van der Waals surface area contributed by atoms with E-state index in [9.17, 15) is 4.79 Å². The van der Waals surface area contributed by atoms with E-state index in [1.807, 2.05) is 60.8 Å². The van der Waals surface area contributed by atoms with Crippen LogP contribution in [0.5, 0.6) is 0 Å². The number of nitrogens with one attached hydrogen (secondary N) is 3. The van der Waals surface area contributed by atoms with Crippen LogP contribution < -0.4 is 5.43 Å². The zero-order chi connectivity index (χ0) is 17.1. The number of hydrogen-bond donors (Lipinski definition) is 3. The molecule has 0 saturated heterocycles. The lowest BCUT2D eigenvalue weighted by atomic mass is 10.1. The molecule has 25 heavy (non-hydrogen) atoms. The molecule has 6 nitrogen and oxygen atoms in total. The van der Waals surface area contributed by atoms with Crippen LogP contribution in [0.4, 0.5) is 0 Å². The Labute approximate surface area is 143 Å². The summed E-state index contributed by atoms with van der Waals surface area (Å²) in [5.41, 5.74) is 6.46. The maximum absolute atomic E-state index is 12.2. The van der Waals surface area contributed by atoms with Crippen LogP contribution >= 0.6 is 0 Å². The number of aromatic amines is 2. The van der Waals surface area contributed by atoms with Crippen LogP contribution in [0.1, 0.15) is 16.1 Å². The van der Waals surface area contributed by atoms with E-state index >= 15 is 0 Å². The zero-order valence-corrected chi connectivity index (χ0v) is 13.2. The van der Waals surface area contributed by atoms with Gasteiger partial charge in [-0.05, 0) is 12.1 Å². The van der Waals surface area contributed by atoms with Gasteiger partial charge in [0.05, 0.1) is 11.9 Å². The number of carbonyl (C=O) groups excluding carboxylic acids is 1. The fourth-order valence-electron chi connectivity index (χ4n) is 2.62. The molecular formula is C19H15N5O. The van der Waals surface area contributed by atoms with E-state index < -0.39 is 0 Å². The van der Waals surface area contributed by atoms with Crippen LogP contribution in [-0.2, 0) is 0 Å². The summed E-state index contributed by atoms with van der Waals surface area (Å²) >= 11 is 0. The Bertz CT molecular complexity index is 1050. The number of H-pyrrole nitrogens is 2. The van der Waals surface area contributed by atoms with Crippen molar-refractivity contribution in [3.05, 3.63) is 78.1 Å². The van der Waals surface area contributed by atoms with Crippen LogP contribution in [0.15, 0.2) is 72.0 Å². The quantitative estimate of drug-likeness (QED) is 0.396. The molecule has 0 radical (unpaired) electrons. The van der Waals surface area contributed by atoms with Crippen LogP contribution in [0.3, 0.4) is 0 Å². The van der Waals surface area contributed by atoms with E-state index in [2.05, 4.69) is 25.7 Å².